The summed E-state index contributed by atoms with van der Waals surface area (Å²) in [7, 11) is -1.75. The summed E-state index contributed by atoms with van der Waals surface area (Å²) < 4.78 is 29.2. The van der Waals surface area contributed by atoms with Gasteiger partial charge in [-0.05, 0) is 37.1 Å². The van der Waals surface area contributed by atoms with E-state index in [0.29, 0.717) is 23.2 Å². The smallest absolute Gasteiger partial charge is 0.241 e. The van der Waals surface area contributed by atoms with Crippen LogP contribution in [0.25, 0.3) is 0 Å². The van der Waals surface area contributed by atoms with Crippen molar-refractivity contribution in [3.05, 3.63) is 35.4 Å². The number of aryl methyl sites for hydroxylation is 3. The van der Waals surface area contributed by atoms with Crippen LogP contribution >= 0.6 is 0 Å². The number of hydrogen-bond donors (Lipinski definition) is 2. The molecule has 2 rings (SSSR count). The number of sulfonamides is 1. The first kappa shape index (κ1) is 15.5. The summed E-state index contributed by atoms with van der Waals surface area (Å²) in [5, 5.41) is 7.67. The van der Waals surface area contributed by atoms with Crippen LogP contribution in [0.5, 0.6) is 0 Å². The number of rotatable bonds is 5. The van der Waals surface area contributed by atoms with E-state index in [1.807, 2.05) is 7.05 Å². The second-order valence-electron chi connectivity index (χ2n) is 4.99. The van der Waals surface area contributed by atoms with E-state index < -0.39 is 10.0 Å². The predicted molar refractivity (Wildman–Crippen MR) is 80.2 cm³/mol. The molecular weight excluding hydrogens is 290 g/mol. The Hall–Kier alpha value is -1.93. The summed E-state index contributed by atoms with van der Waals surface area (Å²) in [6.07, 6.45) is 2.06. The molecule has 0 radical (unpaired) electrons. The molecule has 0 fully saturated rings. The fourth-order valence-electron chi connectivity index (χ4n) is 2.31. The minimum Gasteiger partial charge on any atom is -0.399 e. The van der Waals surface area contributed by atoms with Crippen molar-refractivity contribution in [3.8, 4) is 0 Å². The molecule has 2 aromatic rings. The standard InChI is InChI=1S/C13H19N5O2S/c1-9-6-11(14)7-10(2)13(9)21(19,20)16-5-4-12-17-15-8-18(12)3/h6-8,16H,4-5,14H2,1-3H3. The summed E-state index contributed by atoms with van der Waals surface area (Å²) in [6, 6.07) is 3.31. The number of benzene rings is 1. The number of aromatic nitrogens is 3. The zero-order valence-corrected chi connectivity index (χ0v) is 13.1. The Balaban J connectivity index is 2.14. The molecule has 0 unspecified atom stereocenters. The first-order chi connectivity index (χ1) is 9.81. The van der Waals surface area contributed by atoms with Gasteiger partial charge in [-0.2, -0.15) is 0 Å². The number of anilines is 1. The molecule has 8 heteroatoms. The van der Waals surface area contributed by atoms with Gasteiger partial charge in [-0.15, -0.1) is 10.2 Å². The lowest BCUT2D eigenvalue weighted by Gasteiger charge is -2.12. The Morgan fingerprint density at radius 1 is 1.29 bits per heavy atom. The SMILES string of the molecule is Cc1cc(N)cc(C)c1S(=O)(=O)NCCc1nncn1C. The Morgan fingerprint density at radius 3 is 2.43 bits per heavy atom. The molecule has 0 aliphatic heterocycles. The van der Waals surface area contributed by atoms with Crippen molar-refractivity contribution in [3.63, 3.8) is 0 Å². The summed E-state index contributed by atoms with van der Waals surface area (Å²) in [6.45, 7) is 3.74. The maximum Gasteiger partial charge on any atom is 0.241 e. The van der Waals surface area contributed by atoms with Gasteiger partial charge >= 0.3 is 0 Å². The molecule has 0 atom stereocenters. The molecular formula is C13H19N5O2S. The van der Waals surface area contributed by atoms with Gasteiger partial charge in [0.1, 0.15) is 12.2 Å². The van der Waals surface area contributed by atoms with Crippen LogP contribution in [0.1, 0.15) is 17.0 Å². The van der Waals surface area contributed by atoms with Crippen LogP contribution in [-0.4, -0.2) is 29.7 Å². The van der Waals surface area contributed by atoms with E-state index in [1.54, 1.807) is 36.9 Å². The second kappa shape index (κ2) is 5.82. The Bertz CT molecular complexity index is 729. The molecule has 0 amide bonds. The topological polar surface area (TPSA) is 103 Å². The van der Waals surface area contributed by atoms with Crippen molar-refractivity contribution < 1.29 is 8.42 Å². The van der Waals surface area contributed by atoms with Gasteiger partial charge in [0.05, 0.1) is 4.90 Å². The number of nitrogens with two attached hydrogens (primary N) is 1. The van der Waals surface area contributed by atoms with Gasteiger partial charge in [-0.25, -0.2) is 13.1 Å². The Morgan fingerprint density at radius 2 is 1.90 bits per heavy atom. The lowest BCUT2D eigenvalue weighted by molar-refractivity contribution is 0.578. The molecule has 0 saturated heterocycles. The summed E-state index contributed by atoms with van der Waals surface area (Å²) >= 11 is 0. The molecule has 21 heavy (non-hydrogen) atoms. The number of nitrogen functional groups attached to an aromatic ring is 1. The predicted octanol–water partition coefficient (Wildman–Crippen LogP) is 0.535. The van der Waals surface area contributed by atoms with Gasteiger partial charge in [0, 0.05) is 25.7 Å². The van der Waals surface area contributed by atoms with E-state index in [9.17, 15) is 8.42 Å². The van der Waals surface area contributed by atoms with Crippen molar-refractivity contribution in [2.75, 3.05) is 12.3 Å². The second-order valence-corrected chi connectivity index (χ2v) is 6.69. The van der Waals surface area contributed by atoms with Crippen molar-refractivity contribution in [1.29, 1.82) is 0 Å². The van der Waals surface area contributed by atoms with Crippen LogP contribution in [0.4, 0.5) is 5.69 Å². The van der Waals surface area contributed by atoms with Crippen molar-refractivity contribution in [2.45, 2.75) is 25.2 Å². The molecule has 0 spiro atoms. The Kier molecular flexibility index (Phi) is 4.29. The fourth-order valence-corrected chi connectivity index (χ4v) is 3.79. The zero-order valence-electron chi connectivity index (χ0n) is 12.3. The molecule has 3 N–H and O–H groups in total. The van der Waals surface area contributed by atoms with Crippen LogP contribution in [0.3, 0.4) is 0 Å². The third kappa shape index (κ3) is 3.40. The highest BCUT2D eigenvalue weighted by Crippen LogP contribution is 2.22. The average Bonchev–Trinajstić information content (AvgIpc) is 2.73. The largest absolute Gasteiger partial charge is 0.399 e. The highest BCUT2D eigenvalue weighted by atomic mass is 32.2. The molecule has 7 nitrogen and oxygen atoms in total. The Labute approximate surface area is 124 Å². The molecule has 1 aromatic carbocycles. The minimum atomic E-state index is -3.57. The van der Waals surface area contributed by atoms with Crippen LogP contribution in [-0.2, 0) is 23.5 Å². The quantitative estimate of drug-likeness (QED) is 0.784. The summed E-state index contributed by atoms with van der Waals surface area (Å²) in [5.41, 5.74) is 7.55. The van der Waals surface area contributed by atoms with Gasteiger partial charge in [0.25, 0.3) is 0 Å². The van der Waals surface area contributed by atoms with E-state index in [-0.39, 0.29) is 11.4 Å². The molecule has 1 aromatic heterocycles. The molecule has 114 valence electrons. The summed E-state index contributed by atoms with van der Waals surface area (Å²) in [4.78, 5) is 0.287. The van der Waals surface area contributed by atoms with E-state index in [2.05, 4.69) is 14.9 Å². The first-order valence-corrected chi connectivity index (χ1v) is 7.99. The lowest BCUT2D eigenvalue weighted by atomic mass is 10.1. The monoisotopic (exact) mass is 309 g/mol. The summed E-state index contributed by atoms with van der Waals surface area (Å²) in [5.74, 6) is 0.725. The van der Waals surface area contributed by atoms with Gasteiger partial charge in [0.2, 0.25) is 10.0 Å². The molecule has 0 aliphatic carbocycles. The van der Waals surface area contributed by atoms with Crippen molar-refractivity contribution in [2.24, 2.45) is 7.05 Å². The molecule has 1 heterocycles. The third-order valence-corrected chi connectivity index (χ3v) is 4.96. The van der Waals surface area contributed by atoms with Gasteiger partial charge in [-0.1, -0.05) is 0 Å². The van der Waals surface area contributed by atoms with Gasteiger partial charge in [0.15, 0.2) is 0 Å². The van der Waals surface area contributed by atoms with Crippen LogP contribution in [0.15, 0.2) is 23.4 Å². The molecule has 0 bridgehead atoms. The van der Waals surface area contributed by atoms with E-state index in [4.69, 9.17) is 5.73 Å². The maximum atomic E-state index is 12.4. The highest BCUT2D eigenvalue weighted by Gasteiger charge is 2.19. The lowest BCUT2D eigenvalue weighted by Crippen LogP contribution is -2.28. The van der Waals surface area contributed by atoms with E-state index >= 15 is 0 Å². The van der Waals surface area contributed by atoms with Gasteiger partial charge in [-0.3, -0.25) is 0 Å². The van der Waals surface area contributed by atoms with E-state index in [0.717, 1.165) is 5.82 Å². The molecule has 0 saturated carbocycles. The van der Waals surface area contributed by atoms with Crippen molar-refractivity contribution >= 4 is 15.7 Å². The fraction of sp³-hybridized carbons (Fsp3) is 0.385. The maximum absolute atomic E-state index is 12.4. The van der Waals surface area contributed by atoms with Crippen LogP contribution < -0.4 is 10.5 Å². The number of hydrogen-bond acceptors (Lipinski definition) is 5. The van der Waals surface area contributed by atoms with Crippen molar-refractivity contribution in [1.82, 2.24) is 19.5 Å². The van der Waals surface area contributed by atoms with E-state index in [1.165, 1.54) is 0 Å². The van der Waals surface area contributed by atoms with Crippen LogP contribution in [0, 0.1) is 13.8 Å². The zero-order chi connectivity index (χ0) is 15.6. The van der Waals surface area contributed by atoms with Gasteiger partial charge < -0.3 is 10.3 Å². The first-order valence-electron chi connectivity index (χ1n) is 6.50. The number of nitrogens with one attached hydrogen (secondary N) is 1. The normalized spacial score (nSPS) is 11.8. The number of nitrogens with zero attached hydrogens (tertiary/aromatic N) is 3. The molecule has 0 aliphatic rings. The third-order valence-electron chi connectivity index (χ3n) is 3.20. The average molecular weight is 309 g/mol. The highest BCUT2D eigenvalue weighted by molar-refractivity contribution is 7.89. The van der Waals surface area contributed by atoms with Crippen LogP contribution in [0.2, 0.25) is 0 Å². The minimum absolute atomic E-state index is 0.262.